The van der Waals surface area contributed by atoms with Crippen molar-refractivity contribution in [1.82, 2.24) is 0 Å². The van der Waals surface area contributed by atoms with Crippen LogP contribution in [0.4, 0.5) is 0 Å². The molecule has 0 nitrogen and oxygen atoms in total. The van der Waals surface area contributed by atoms with Crippen LogP contribution < -0.4 is 0 Å². The zero-order valence-electron chi connectivity index (χ0n) is 27.8. The molecule has 0 spiro atoms. The molecule has 4 aromatic rings. The summed E-state index contributed by atoms with van der Waals surface area (Å²) in [5.41, 5.74) is 10.8. The average Bonchev–Trinajstić information content (AvgIpc) is 3.65. The maximum atomic E-state index is 3.75. The number of fused-ring (bicyclic) bond motifs is 3. The molecule has 0 saturated carbocycles. The summed E-state index contributed by atoms with van der Waals surface area (Å²) < 4.78 is 5.52. The van der Waals surface area contributed by atoms with E-state index in [9.17, 15) is 0 Å². The zero-order valence-corrected chi connectivity index (χ0v) is 35.1. The van der Waals surface area contributed by atoms with Crippen molar-refractivity contribution in [3.05, 3.63) is 165 Å². The van der Waals surface area contributed by atoms with Gasteiger partial charge in [-0.15, -0.1) is 61.1 Å². The van der Waals surface area contributed by atoms with Gasteiger partial charge in [0.2, 0.25) is 0 Å². The fourth-order valence-electron chi connectivity index (χ4n) is 4.40. The molecule has 46 heavy (non-hydrogen) atoms. The first-order chi connectivity index (χ1) is 20.7. The summed E-state index contributed by atoms with van der Waals surface area (Å²) in [6, 6.07) is 30.8. The third-order valence-corrected chi connectivity index (χ3v) is 7.88. The fraction of sp³-hybridized carbons (Fsp3) is 0.244. The van der Waals surface area contributed by atoms with E-state index in [0.717, 1.165) is 32.9 Å². The standard InChI is InChI=1S/C21H25.2C7H6Br.C5H5.CH2.2ClH.Zr/c1-20(2,3)16-9-7-14-11-15-8-10-17(21(4,5)6)13-19(15)18(14)12-16;2*1-6-3-2-4-7(8)5-6;1-2-4-5-3-1;;;;/h7,9-10,12-13H,11H2,1-6H3;2*2-5H,1H2;1-3H,4H2;1H2;2*1H;/q4*-1;;;;. The Morgan fingerprint density at radius 3 is 1.61 bits per heavy atom. The van der Waals surface area contributed by atoms with E-state index < -0.39 is 0 Å². The number of hydrogen-bond donors (Lipinski definition) is 0. The Morgan fingerprint density at radius 1 is 0.717 bits per heavy atom. The summed E-state index contributed by atoms with van der Waals surface area (Å²) in [7, 11) is 0. The first kappa shape index (κ1) is 44.4. The van der Waals surface area contributed by atoms with Crippen molar-refractivity contribution >= 4 is 60.9 Å². The van der Waals surface area contributed by atoms with E-state index in [1.165, 1.54) is 57.6 Å². The van der Waals surface area contributed by atoms with Crippen LogP contribution in [0.3, 0.4) is 0 Å². The van der Waals surface area contributed by atoms with E-state index in [1.807, 2.05) is 60.7 Å². The molecule has 6 rings (SSSR count). The molecule has 0 aliphatic heterocycles. The summed E-state index contributed by atoms with van der Waals surface area (Å²) >= 11 is 7.94. The Morgan fingerprint density at radius 2 is 1.24 bits per heavy atom. The van der Waals surface area contributed by atoms with E-state index in [-0.39, 0.29) is 35.6 Å². The molecule has 0 bridgehead atoms. The van der Waals surface area contributed by atoms with E-state index in [2.05, 4.69) is 140 Å². The van der Waals surface area contributed by atoms with Crippen molar-refractivity contribution in [2.24, 2.45) is 0 Å². The van der Waals surface area contributed by atoms with E-state index in [1.54, 1.807) is 0 Å². The molecule has 0 N–H and O–H groups in total. The van der Waals surface area contributed by atoms with Crippen LogP contribution in [0.15, 0.2) is 106 Å². The molecule has 0 heterocycles. The maximum absolute atomic E-state index is 3.75. The molecule has 0 atom stereocenters. The molecule has 0 aromatic heterocycles. The van der Waals surface area contributed by atoms with Gasteiger partial charge in [0.25, 0.3) is 0 Å². The molecule has 4 aromatic carbocycles. The first-order valence-electron chi connectivity index (χ1n) is 14.6. The summed E-state index contributed by atoms with van der Waals surface area (Å²) in [6.45, 7) is 21.1. The summed E-state index contributed by atoms with van der Waals surface area (Å²) in [5, 5.41) is 0. The van der Waals surface area contributed by atoms with Crippen molar-refractivity contribution in [3.8, 4) is 11.1 Å². The molecule has 0 radical (unpaired) electrons. The monoisotopic (exact) mass is 856 g/mol. The molecular weight excluding hydrogens is 814 g/mol. The topological polar surface area (TPSA) is 0 Å². The third kappa shape index (κ3) is 15.1. The average molecular weight is 861 g/mol. The van der Waals surface area contributed by atoms with Gasteiger partial charge < -0.3 is 0 Å². The van der Waals surface area contributed by atoms with Crippen LogP contribution in [0.2, 0.25) is 0 Å². The third-order valence-electron chi connectivity index (χ3n) is 6.89. The van der Waals surface area contributed by atoms with Crippen molar-refractivity contribution in [1.29, 1.82) is 0 Å². The molecule has 0 unspecified atom stereocenters. The minimum absolute atomic E-state index is 0. The molecule has 2 aliphatic carbocycles. The van der Waals surface area contributed by atoms with Crippen LogP contribution in [-0.4, -0.2) is 4.21 Å². The second kappa shape index (κ2) is 21.4. The number of benzene rings is 4. The molecule has 0 fully saturated rings. The quantitative estimate of drug-likeness (QED) is 0.136. The predicted octanol–water partition coefficient (Wildman–Crippen LogP) is 13.0. The van der Waals surface area contributed by atoms with Crippen LogP contribution in [0, 0.1) is 26.0 Å². The SMILES string of the molecule is CC(C)(C)c1c[c-]c2c(c1)-c1cc(C(C)(C)C)ccc1C2.Cl.Cl.[C-]1=CC=CC1.[CH2-]c1cccc(Br)c1.[CH2-]c1cccc(Br)c1.[CH2]=[Zr]. The van der Waals surface area contributed by atoms with Crippen LogP contribution in [-0.2, 0) is 41.5 Å². The molecule has 2 aliphatic rings. The second-order valence-corrected chi connectivity index (χ2v) is 14.4. The van der Waals surface area contributed by atoms with Gasteiger partial charge in [-0.1, -0.05) is 120 Å². The van der Waals surface area contributed by atoms with Crippen LogP contribution in [0.5, 0.6) is 0 Å². The van der Waals surface area contributed by atoms with E-state index >= 15 is 0 Å². The van der Waals surface area contributed by atoms with Gasteiger partial charge in [0.05, 0.1) is 0 Å². The molecular formula is C41H46Br2Cl2Zr-4. The van der Waals surface area contributed by atoms with Crippen LogP contribution in [0.1, 0.15) is 81.3 Å². The minimum atomic E-state index is 0. The molecule has 0 saturated heterocycles. The number of allylic oxidation sites excluding steroid dienone is 4. The Hall–Kier alpha value is -1.61. The Labute approximate surface area is 324 Å². The Bertz CT molecular complexity index is 1410. The van der Waals surface area contributed by atoms with Gasteiger partial charge >= 0.3 is 28.4 Å². The van der Waals surface area contributed by atoms with Gasteiger partial charge in [0.15, 0.2) is 0 Å². The predicted molar refractivity (Wildman–Crippen MR) is 211 cm³/mol. The number of halogens is 4. The van der Waals surface area contributed by atoms with Gasteiger partial charge in [-0.05, 0) is 26.3 Å². The van der Waals surface area contributed by atoms with Gasteiger partial charge in [-0.2, -0.15) is 72.5 Å². The van der Waals surface area contributed by atoms with E-state index in [4.69, 9.17) is 0 Å². The van der Waals surface area contributed by atoms with Crippen LogP contribution in [0.25, 0.3) is 11.1 Å². The second-order valence-electron chi connectivity index (χ2n) is 12.6. The first-order valence-corrected chi connectivity index (χ1v) is 18.0. The number of rotatable bonds is 0. The Kier molecular flexibility index (Phi) is 20.6. The normalized spacial score (nSPS) is 11.5. The molecule has 246 valence electrons. The van der Waals surface area contributed by atoms with Crippen molar-refractivity contribution < 1.29 is 24.2 Å². The summed E-state index contributed by atoms with van der Waals surface area (Å²) in [6.07, 6.45) is 11.0. The molecule has 5 heteroatoms. The van der Waals surface area contributed by atoms with Gasteiger partial charge in [0.1, 0.15) is 0 Å². The van der Waals surface area contributed by atoms with Gasteiger partial charge in [-0.3, -0.25) is 6.08 Å². The number of hydrogen-bond acceptors (Lipinski definition) is 0. The molecule has 0 amide bonds. The zero-order chi connectivity index (χ0) is 32.9. The van der Waals surface area contributed by atoms with Crippen LogP contribution >= 0.6 is 56.7 Å². The van der Waals surface area contributed by atoms with Crippen molar-refractivity contribution in [2.45, 2.75) is 65.2 Å². The van der Waals surface area contributed by atoms with Crippen molar-refractivity contribution in [2.75, 3.05) is 0 Å². The summed E-state index contributed by atoms with van der Waals surface area (Å²) in [4.78, 5) is 0. The fourth-order valence-corrected chi connectivity index (χ4v) is 5.29. The van der Waals surface area contributed by atoms with Crippen molar-refractivity contribution in [3.63, 3.8) is 0 Å². The summed E-state index contributed by atoms with van der Waals surface area (Å²) in [5.74, 6) is 0. The van der Waals surface area contributed by atoms with Gasteiger partial charge in [-0.25, -0.2) is 12.2 Å². The van der Waals surface area contributed by atoms with E-state index in [0.29, 0.717) is 0 Å². The Balaban J connectivity index is 0.000000669. The van der Waals surface area contributed by atoms with Gasteiger partial charge in [0, 0.05) is 0 Å².